The molecular weight excluding hydrogens is 314 g/mol. The molecular formula is C17H18ClN3O2. The molecule has 3 N–H and O–H groups in total. The predicted octanol–water partition coefficient (Wildman–Crippen LogP) is 3.66. The van der Waals surface area contributed by atoms with Crippen molar-refractivity contribution in [3.05, 3.63) is 59.1 Å². The summed E-state index contributed by atoms with van der Waals surface area (Å²) in [7, 11) is 1.54. The van der Waals surface area contributed by atoms with Crippen LogP contribution in [-0.4, -0.2) is 19.0 Å². The fourth-order valence-corrected chi connectivity index (χ4v) is 2.13. The molecule has 0 aliphatic heterocycles. The van der Waals surface area contributed by atoms with Gasteiger partial charge in [-0.3, -0.25) is 4.79 Å². The number of urea groups is 1. The van der Waals surface area contributed by atoms with Crippen molar-refractivity contribution in [3.63, 3.8) is 0 Å². The van der Waals surface area contributed by atoms with Crippen LogP contribution in [0.1, 0.15) is 12.0 Å². The fourth-order valence-electron chi connectivity index (χ4n) is 2.00. The molecule has 2 aromatic rings. The summed E-state index contributed by atoms with van der Waals surface area (Å²) in [6, 6.07) is 14.1. The van der Waals surface area contributed by atoms with Crippen LogP contribution in [-0.2, 0) is 11.2 Å². The van der Waals surface area contributed by atoms with Gasteiger partial charge in [0.05, 0.1) is 0 Å². The van der Waals surface area contributed by atoms with Crippen molar-refractivity contribution in [2.75, 3.05) is 17.7 Å². The van der Waals surface area contributed by atoms with E-state index in [1.54, 1.807) is 24.3 Å². The third kappa shape index (κ3) is 5.64. The van der Waals surface area contributed by atoms with Crippen LogP contribution in [0.2, 0.25) is 5.02 Å². The van der Waals surface area contributed by atoms with E-state index in [0.717, 1.165) is 5.56 Å². The molecule has 0 aromatic heterocycles. The number of benzene rings is 2. The summed E-state index contributed by atoms with van der Waals surface area (Å²) >= 11 is 5.83. The molecule has 0 aliphatic carbocycles. The van der Waals surface area contributed by atoms with Crippen molar-refractivity contribution in [2.24, 2.45) is 0 Å². The quantitative estimate of drug-likeness (QED) is 0.782. The molecule has 3 amide bonds. The van der Waals surface area contributed by atoms with E-state index in [1.807, 2.05) is 24.3 Å². The van der Waals surface area contributed by atoms with Gasteiger partial charge in [0.25, 0.3) is 0 Å². The minimum Gasteiger partial charge on any atom is -0.341 e. The van der Waals surface area contributed by atoms with E-state index >= 15 is 0 Å². The Hall–Kier alpha value is -2.53. The maximum absolute atomic E-state index is 12.0. The minimum absolute atomic E-state index is 0.0861. The Bertz CT molecular complexity index is 686. The number of halogens is 1. The Kier molecular flexibility index (Phi) is 6.00. The van der Waals surface area contributed by atoms with Crippen LogP contribution < -0.4 is 16.0 Å². The highest BCUT2D eigenvalue weighted by Crippen LogP contribution is 2.16. The number of carbonyl (C=O) groups excluding carboxylic acids is 2. The van der Waals surface area contributed by atoms with Gasteiger partial charge in [0.2, 0.25) is 5.91 Å². The highest BCUT2D eigenvalue weighted by molar-refractivity contribution is 6.30. The van der Waals surface area contributed by atoms with E-state index in [1.165, 1.54) is 7.05 Å². The van der Waals surface area contributed by atoms with Crippen LogP contribution >= 0.6 is 11.6 Å². The van der Waals surface area contributed by atoms with Gasteiger partial charge in [-0.05, 0) is 42.3 Å². The second kappa shape index (κ2) is 8.19. The molecule has 2 rings (SSSR count). The van der Waals surface area contributed by atoms with Crippen molar-refractivity contribution >= 4 is 34.9 Å². The van der Waals surface area contributed by atoms with Gasteiger partial charge in [-0.1, -0.05) is 29.8 Å². The standard InChI is InChI=1S/C17H18ClN3O2/c1-19-17(23)21-15-4-2-3-14(11-15)20-16(22)10-7-12-5-8-13(18)9-6-12/h2-6,8-9,11H,7,10H2,1H3,(H,20,22)(H2,19,21,23). The van der Waals surface area contributed by atoms with Gasteiger partial charge in [-0.25, -0.2) is 4.79 Å². The fraction of sp³-hybridized carbons (Fsp3) is 0.176. The zero-order valence-electron chi connectivity index (χ0n) is 12.7. The molecule has 0 bridgehead atoms. The number of aryl methyl sites for hydroxylation is 1. The third-order valence-electron chi connectivity index (χ3n) is 3.19. The number of amides is 3. The van der Waals surface area contributed by atoms with Gasteiger partial charge < -0.3 is 16.0 Å². The summed E-state index contributed by atoms with van der Waals surface area (Å²) in [4.78, 5) is 23.3. The lowest BCUT2D eigenvalue weighted by atomic mass is 10.1. The van der Waals surface area contributed by atoms with Crippen molar-refractivity contribution in [3.8, 4) is 0 Å². The molecule has 0 fully saturated rings. The number of rotatable bonds is 5. The molecule has 0 atom stereocenters. The number of hydrogen-bond donors (Lipinski definition) is 3. The van der Waals surface area contributed by atoms with Crippen LogP contribution in [0.15, 0.2) is 48.5 Å². The molecule has 0 spiro atoms. The summed E-state index contributed by atoms with van der Waals surface area (Å²) in [5, 5.41) is 8.62. The van der Waals surface area contributed by atoms with Crippen molar-refractivity contribution < 1.29 is 9.59 Å². The van der Waals surface area contributed by atoms with Gasteiger partial charge in [-0.15, -0.1) is 0 Å². The Morgan fingerprint density at radius 1 is 1.00 bits per heavy atom. The highest BCUT2D eigenvalue weighted by Gasteiger charge is 2.05. The first-order valence-corrected chi connectivity index (χ1v) is 7.58. The lowest BCUT2D eigenvalue weighted by Crippen LogP contribution is -2.24. The lowest BCUT2D eigenvalue weighted by Gasteiger charge is -2.08. The maximum atomic E-state index is 12.0. The molecule has 0 saturated carbocycles. The van der Waals surface area contributed by atoms with E-state index in [4.69, 9.17) is 11.6 Å². The number of carbonyl (C=O) groups is 2. The van der Waals surface area contributed by atoms with Crippen LogP contribution in [0.25, 0.3) is 0 Å². The first-order valence-electron chi connectivity index (χ1n) is 7.20. The summed E-state index contributed by atoms with van der Waals surface area (Å²) in [5.41, 5.74) is 2.31. The van der Waals surface area contributed by atoms with Crippen molar-refractivity contribution in [2.45, 2.75) is 12.8 Å². The topological polar surface area (TPSA) is 70.2 Å². The summed E-state index contributed by atoms with van der Waals surface area (Å²) < 4.78 is 0. The summed E-state index contributed by atoms with van der Waals surface area (Å²) in [6.07, 6.45) is 1.01. The Morgan fingerprint density at radius 3 is 2.30 bits per heavy atom. The van der Waals surface area contributed by atoms with E-state index in [9.17, 15) is 9.59 Å². The Labute approximate surface area is 140 Å². The van der Waals surface area contributed by atoms with Gasteiger partial charge in [-0.2, -0.15) is 0 Å². The van der Waals surface area contributed by atoms with Crippen LogP contribution in [0, 0.1) is 0 Å². The minimum atomic E-state index is -0.309. The molecule has 6 heteroatoms. The zero-order chi connectivity index (χ0) is 16.7. The second-order valence-corrected chi connectivity index (χ2v) is 5.40. The predicted molar refractivity (Wildman–Crippen MR) is 92.9 cm³/mol. The van der Waals surface area contributed by atoms with Crippen LogP contribution in [0.5, 0.6) is 0 Å². The molecule has 120 valence electrons. The summed E-state index contributed by atoms with van der Waals surface area (Å²) in [6.45, 7) is 0. The molecule has 0 aliphatic rings. The molecule has 0 radical (unpaired) electrons. The van der Waals surface area contributed by atoms with Gasteiger partial charge in [0, 0.05) is 29.9 Å². The van der Waals surface area contributed by atoms with Crippen LogP contribution in [0.4, 0.5) is 16.2 Å². The van der Waals surface area contributed by atoms with E-state index < -0.39 is 0 Å². The van der Waals surface area contributed by atoms with E-state index in [-0.39, 0.29) is 11.9 Å². The van der Waals surface area contributed by atoms with E-state index in [2.05, 4.69) is 16.0 Å². The smallest absolute Gasteiger partial charge is 0.318 e. The van der Waals surface area contributed by atoms with Crippen molar-refractivity contribution in [1.82, 2.24) is 5.32 Å². The summed E-state index contributed by atoms with van der Waals surface area (Å²) in [5.74, 6) is -0.0861. The highest BCUT2D eigenvalue weighted by atomic mass is 35.5. The van der Waals surface area contributed by atoms with E-state index in [0.29, 0.717) is 29.2 Å². The molecule has 5 nitrogen and oxygen atoms in total. The average Bonchev–Trinajstić information content (AvgIpc) is 2.54. The molecule has 0 unspecified atom stereocenters. The van der Waals surface area contributed by atoms with Gasteiger partial charge in [0.15, 0.2) is 0 Å². The largest absolute Gasteiger partial charge is 0.341 e. The first kappa shape index (κ1) is 16.8. The Balaban J connectivity index is 1.88. The number of hydrogen-bond acceptors (Lipinski definition) is 2. The third-order valence-corrected chi connectivity index (χ3v) is 3.44. The maximum Gasteiger partial charge on any atom is 0.318 e. The monoisotopic (exact) mass is 331 g/mol. The number of anilines is 2. The first-order chi connectivity index (χ1) is 11.1. The Morgan fingerprint density at radius 2 is 1.65 bits per heavy atom. The average molecular weight is 332 g/mol. The molecule has 0 saturated heterocycles. The second-order valence-electron chi connectivity index (χ2n) is 4.96. The lowest BCUT2D eigenvalue weighted by molar-refractivity contribution is -0.116. The zero-order valence-corrected chi connectivity index (χ0v) is 13.5. The SMILES string of the molecule is CNC(=O)Nc1cccc(NC(=O)CCc2ccc(Cl)cc2)c1. The molecule has 23 heavy (non-hydrogen) atoms. The number of nitrogens with one attached hydrogen (secondary N) is 3. The normalized spacial score (nSPS) is 10.0. The molecule has 2 aromatic carbocycles. The molecule has 0 heterocycles. The van der Waals surface area contributed by atoms with Gasteiger partial charge >= 0.3 is 6.03 Å². The van der Waals surface area contributed by atoms with Crippen molar-refractivity contribution in [1.29, 1.82) is 0 Å². The van der Waals surface area contributed by atoms with Crippen LogP contribution in [0.3, 0.4) is 0 Å². The van der Waals surface area contributed by atoms with Gasteiger partial charge in [0.1, 0.15) is 0 Å².